The van der Waals surface area contributed by atoms with Gasteiger partial charge >= 0.3 is 6.18 Å². The third kappa shape index (κ3) is 2.88. The third-order valence-corrected chi connectivity index (χ3v) is 3.80. The van der Waals surface area contributed by atoms with E-state index in [0.717, 1.165) is 12.5 Å². The molecule has 18 heavy (non-hydrogen) atoms. The molecule has 1 aliphatic heterocycles. The van der Waals surface area contributed by atoms with Crippen LogP contribution >= 0.6 is 11.6 Å². The Kier molecular flexibility index (Phi) is 3.71. The minimum atomic E-state index is -4.40. The highest BCUT2D eigenvalue weighted by atomic mass is 35.5. The van der Waals surface area contributed by atoms with Crippen molar-refractivity contribution in [2.75, 3.05) is 18.0 Å². The molecule has 0 aliphatic carbocycles. The molecular formula is C12H14ClF3N2. The average molecular weight is 279 g/mol. The smallest absolute Gasteiger partial charge is 0.356 e. The van der Waals surface area contributed by atoms with Crippen LogP contribution < -0.4 is 4.90 Å². The normalized spacial score (nSPS) is 25.3. The zero-order chi connectivity index (χ0) is 13.3. The zero-order valence-electron chi connectivity index (χ0n) is 9.91. The molecule has 2 unspecified atom stereocenters. The molecule has 0 amide bonds. The van der Waals surface area contributed by atoms with Gasteiger partial charge in [0.05, 0.1) is 0 Å². The number of pyridine rings is 1. The Balaban J connectivity index is 2.19. The first-order valence-electron chi connectivity index (χ1n) is 5.81. The molecule has 1 aliphatic rings. The van der Waals surface area contributed by atoms with Gasteiger partial charge in [0.1, 0.15) is 11.5 Å². The van der Waals surface area contributed by atoms with E-state index in [0.29, 0.717) is 18.9 Å². The van der Waals surface area contributed by atoms with Gasteiger partial charge in [0.25, 0.3) is 0 Å². The SMILES string of the molecule is CC1CN(c2cccc(C(F)(F)F)n2)CCC1Cl. The summed E-state index contributed by atoms with van der Waals surface area (Å²) in [5, 5.41) is 0.0899. The van der Waals surface area contributed by atoms with Gasteiger partial charge in [0, 0.05) is 18.5 Å². The van der Waals surface area contributed by atoms with Crippen LogP contribution in [0.5, 0.6) is 0 Å². The van der Waals surface area contributed by atoms with Crippen molar-refractivity contribution in [3.05, 3.63) is 23.9 Å². The summed E-state index contributed by atoms with van der Waals surface area (Å²) in [6, 6.07) is 3.99. The number of anilines is 1. The first kappa shape index (κ1) is 13.5. The van der Waals surface area contributed by atoms with Gasteiger partial charge in [-0.2, -0.15) is 13.2 Å². The van der Waals surface area contributed by atoms with Crippen molar-refractivity contribution in [1.29, 1.82) is 0 Å². The number of hydrogen-bond donors (Lipinski definition) is 0. The molecule has 1 aromatic rings. The molecule has 0 aromatic carbocycles. The Bertz CT molecular complexity index is 422. The molecule has 6 heteroatoms. The molecule has 0 spiro atoms. The average Bonchev–Trinajstić information content (AvgIpc) is 2.32. The minimum Gasteiger partial charge on any atom is -0.356 e. The van der Waals surface area contributed by atoms with Crippen LogP contribution in [0.15, 0.2) is 18.2 Å². The van der Waals surface area contributed by atoms with Crippen molar-refractivity contribution in [2.24, 2.45) is 5.92 Å². The van der Waals surface area contributed by atoms with Crippen molar-refractivity contribution in [3.8, 4) is 0 Å². The maximum Gasteiger partial charge on any atom is 0.433 e. The number of piperidine rings is 1. The zero-order valence-corrected chi connectivity index (χ0v) is 10.7. The molecule has 2 rings (SSSR count). The summed E-state index contributed by atoms with van der Waals surface area (Å²) >= 11 is 6.10. The summed E-state index contributed by atoms with van der Waals surface area (Å²) in [5.41, 5.74) is -0.847. The van der Waals surface area contributed by atoms with E-state index in [1.807, 2.05) is 11.8 Å². The highest BCUT2D eigenvalue weighted by Crippen LogP contribution is 2.30. The lowest BCUT2D eigenvalue weighted by molar-refractivity contribution is -0.141. The number of halogens is 4. The number of alkyl halides is 4. The highest BCUT2D eigenvalue weighted by Gasteiger charge is 2.33. The van der Waals surface area contributed by atoms with E-state index < -0.39 is 11.9 Å². The van der Waals surface area contributed by atoms with Gasteiger partial charge in [-0.25, -0.2) is 4.98 Å². The lowest BCUT2D eigenvalue weighted by Crippen LogP contribution is -2.40. The fourth-order valence-electron chi connectivity index (χ4n) is 2.08. The highest BCUT2D eigenvalue weighted by molar-refractivity contribution is 6.20. The summed E-state index contributed by atoms with van der Waals surface area (Å²) in [6.07, 6.45) is -3.63. The van der Waals surface area contributed by atoms with Gasteiger partial charge in [0.15, 0.2) is 0 Å². The van der Waals surface area contributed by atoms with Gasteiger partial charge in [-0.15, -0.1) is 11.6 Å². The Labute approximate surface area is 109 Å². The van der Waals surface area contributed by atoms with Crippen LogP contribution in [-0.4, -0.2) is 23.5 Å². The van der Waals surface area contributed by atoms with Crippen LogP contribution in [0.1, 0.15) is 19.0 Å². The summed E-state index contributed by atoms with van der Waals surface area (Å²) in [6.45, 7) is 3.28. The molecule has 2 nitrogen and oxygen atoms in total. The third-order valence-electron chi connectivity index (χ3n) is 3.15. The van der Waals surface area contributed by atoms with E-state index in [9.17, 15) is 13.2 Å². The molecule has 0 saturated carbocycles. The van der Waals surface area contributed by atoms with Crippen molar-refractivity contribution in [3.63, 3.8) is 0 Å². The van der Waals surface area contributed by atoms with Gasteiger partial charge in [-0.05, 0) is 24.5 Å². The maximum absolute atomic E-state index is 12.6. The van der Waals surface area contributed by atoms with Gasteiger partial charge in [-0.1, -0.05) is 13.0 Å². The molecule has 1 fully saturated rings. The molecule has 0 N–H and O–H groups in total. The van der Waals surface area contributed by atoms with E-state index >= 15 is 0 Å². The second-order valence-electron chi connectivity index (χ2n) is 4.61. The van der Waals surface area contributed by atoms with Crippen LogP contribution in [0.25, 0.3) is 0 Å². The molecule has 1 saturated heterocycles. The number of rotatable bonds is 1. The summed E-state index contributed by atoms with van der Waals surface area (Å²) in [5.74, 6) is 0.622. The number of nitrogens with zero attached hydrogens (tertiary/aromatic N) is 2. The van der Waals surface area contributed by atoms with E-state index in [-0.39, 0.29) is 11.3 Å². The molecule has 1 aromatic heterocycles. The predicted molar refractivity (Wildman–Crippen MR) is 64.9 cm³/mol. The Morgan fingerprint density at radius 2 is 2.11 bits per heavy atom. The van der Waals surface area contributed by atoms with E-state index in [2.05, 4.69) is 4.98 Å². The largest absolute Gasteiger partial charge is 0.433 e. The van der Waals surface area contributed by atoms with E-state index in [1.54, 1.807) is 6.07 Å². The van der Waals surface area contributed by atoms with Crippen LogP contribution in [0, 0.1) is 5.92 Å². The first-order chi connectivity index (χ1) is 8.38. The fraction of sp³-hybridized carbons (Fsp3) is 0.583. The van der Waals surface area contributed by atoms with Crippen LogP contribution in [-0.2, 0) is 6.18 Å². The Morgan fingerprint density at radius 1 is 1.39 bits per heavy atom. The lowest BCUT2D eigenvalue weighted by atomic mass is 9.99. The molecule has 100 valence electrons. The van der Waals surface area contributed by atoms with Crippen LogP contribution in [0.3, 0.4) is 0 Å². The van der Waals surface area contributed by atoms with E-state index in [1.165, 1.54) is 6.07 Å². The molecule has 2 heterocycles. The van der Waals surface area contributed by atoms with Gasteiger partial charge < -0.3 is 4.90 Å². The minimum absolute atomic E-state index is 0.0899. The first-order valence-corrected chi connectivity index (χ1v) is 6.25. The van der Waals surface area contributed by atoms with Crippen molar-refractivity contribution >= 4 is 17.4 Å². The van der Waals surface area contributed by atoms with Crippen LogP contribution in [0.2, 0.25) is 0 Å². The van der Waals surface area contributed by atoms with Crippen molar-refractivity contribution < 1.29 is 13.2 Å². The van der Waals surface area contributed by atoms with Gasteiger partial charge in [0.2, 0.25) is 0 Å². The maximum atomic E-state index is 12.6. The van der Waals surface area contributed by atoms with Crippen LogP contribution in [0.4, 0.5) is 19.0 Å². The van der Waals surface area contributed by atoms with E-state index in [4.69, 9.17) is 11.6 Å². The van der Waals surface area contributed by atoms with Gasteiger partial charge in [-0.3, -0.25) is 0 Å². The lowest BCUT2D eigenvalue weighted by Gasteiger charge is -2.35. The quantitative estimate of drug-likeness (QED) is 0.730. The summed E-state index contributed by atoms with van der Waals surface area (Å²) < 4.78 is 37.7. The molecular weight excluding hydrogens is 265 g/mol. The number of hydrogen-bond acceptors (Lipinski definition) is 2. The van der Waals surface area contributed by atoms with Crippen molar-refractivity contribution in [1.82, 2.24) is 4.98 Å². The topological polar surface area (TPSA) is 16.1 Å². The Hall–Kier alpha value is -0.970. The second-order valence-corrected chi connectivity index (χ2v) is 5.17. The summed E-state index contributed by atoms with van der Waals surface area (Å²) in [7, 11) is 0. The molecule has 0 radical (unpaired) electrons. The molecule has 0 bridgehead atoms. The molecule has 2 atom stereocenters. The standard InChI is InChI=1S/C12H14ClF3N2/c1-8-7-18(6-5-9(8)13)11-4-2-3-10(17-11)12(14,15)16/h2-4,8-9H,5-7H2,1H3. The Morgan fingerprint density at radius 3 is 2.72 bits per heavy atom. The summed E-state index contributed by atoms with van der Waals surface area (Å²) in [4.78, 5) is 5.54. The van der Waals surface area contributed by atoms with Crippen molar-refractivity contribution in [2.45, 2.75) is 24.9 Å². The monoisotopic (exact) mass is 278 g/mol. The fourth-order valence-corrected chi connectivity index (χ4v) is 2.26. The predicted octanol–water partition coefficient (Wildman–Crippen LogP) is 3.55. The number of aromatic nitrogens is 1. The second kappa shape index (κ2) is 4.96.